The molecule has 2 aromatic carbocycles. The SMILES string of the molecule is CN(C)c1cc(Nc2ccc(Br)cc2)nc(Nc2ccccc2)n1. The van der Waals surface area contributed by atoms with Gasteiger partial charge in [-0.25, -0.2) is 0 Å². The zero-order valence-corrected chi connectivity index (χ0v) is 15.1. The van der Waals surface area contributed by atoms with Crippen molar-refractivity contribution in [2.75, 3.05) is 29.6 Å². The maximum Gasteiger partial charge on any atom is 0.231 e. The average Bonchev–Trinajstić information content (AvgIpc) is 2.58. The molecule has 0 unspecified atom stereocenters. The van der Waals surface area contributed by atoms with E-state index in [4.69, 9.17) is 0 Å². The zero-order valence-electron chi connectivity index (χ0n) is 13.5. The van der Waals surface area contributed by atoms with E-state index in [0.717, 1.165) is 27.5 Å². The Morgan fingerprint density at radius 3 is 2.17 bits per heavy atom. The van der Waals surface area contributed by atoms with Crippen molar-refractivity contribution in [3.05, 3.63) is 65.1 Å². The van der Waals surface area contributed by atoms with Crippen molar-refractivity contribution < 1.29 is 0 Å². The van der Waals surface area contributed by atoms with E-state index in [0.29, 0.717) is 5.95 Å². The predicted molar refractivity (Wildman–Crippen MR) is 104 cm³/mol. The van der Waals surface area contributed by atoms with Gasteiger partial charge in [0.2, 0.25) is 5.95 Å². The molecular weight excluding hydrogens is 366 g/mol. The van der Waals surface area contributed by atoms with E-state index in [2.05, 4.69) is 36.5 Å². The van der Waals surface area contributed by atoms with Crippen LogP contribution in [0.2, 0.25) is 0 Å². The van der Waals surface area contributed by atoms with Gasteiger partial charge in [-0.1, -0.05) is 34.1 Å². The fourth-order valence-electron chi connectivity index (χ4n) is 2.12. The number of benzene rings is 2. The molecule has 6 heteroatoms. The molecule has 0 amide bonds. The van der Waals surface area contributed by atoms with E-state index < -0.39 is 0 Å². The fraction of sp³-hybridized carbons (Fsp3) is 0.111. The Balaban J connectivity index is 1.89. The molecule has 0 spiro atoms. The highest BCUT2D eigenvalue weighted by Crippen LogP contribution is 2.23. The summed E-state index contributed by atoms with van der Waals surface area (Å²) in [6.07, 6.45) is 0. The average molecular weight is 384 g/mol. The van der Waals surface area contributed by atoms with Crippen LogP contribution in [0.15, 0.2) is 65.1 Å². The van der Waals surface area contributed by atoms with Crippen LogP contribution in [-0.2, 0) is 0 Å². The summed E-state index contributed by atoms with van der Waals surface area (Å²) in [5.74, 6) is 2.10. The standard InChI is InChI=1S/C18H18BrN5/c1-24(2)17-12-16(20-15-10-8-13(19)9-11-15)22-18(23-17)21-14-6-4-3-5-7-14/h3-12H,1-2H3,(H2,20,21,22,23). The predicted octanol–water partition coefficient (Wildman–Crippen LogP) is 4.79. The maximum absolute atomic E-state index is 4.56. The van der Waals surface area contributed by atoms with Crippen LogP contribution in [0.1, 0.15) is 0 Å². The number of para-hydroxylation sites is 1. The van der Waals surface area contributed by atoms with Gasteiger partial charge >= 0.3 is 0 Å². The number of hydrogen-bond acceptors (Lipinski definition) is 5. The van der Waals surface area contributed by atoms with Gasteiger partial charge < -0.3 is 15.5 Å². The Hall–Kier alpha value is -2.60. The lowest BCUT2D eigenvalue weighted by Crippen LogP contribution is -2.13. The minimum Gasteiger partial charge on any atom is -0.363 e. The molecule has 3 aromatic rings. The van der Waals surface area contributed by atoms with Crippen LogP contribution in [0.3, 0.4) is 0 Å². The molecular formula is C18H18BrN5. The van der Waals surface area contributed by atoms with Gasteiger partial charge in [0.25, 0.3) is 0 Å². The molecule has 0 aliphatic heterocycles. The first-order valence-electron chi connectivity index (χ1n) is 7.51. The third-order valence-corrected chi connectivity index (χ3v) is 3.85. The van der Waals surface area contributed by atoms with Gasteiger partial charge in [-0.15, -0.1) is 0 Å². The topological polar surface area (TPSA) is 53.1 Å². The number of nitrogens with zero attached hydrogens (tertiary/aromatic N) is 3. The van der Waals surface area contributed by atoms with Crippen molar-refractivity contribution in [1.29, 1.82) is 0 Å². The first-order valence-corrected chi connectivity index (χ1v) is 8.30. The number of halogens is 1. The Morgan fingerprint density at radius 1 is 0.833 bits per heavy atom. The highest BCUT2D eigenvalue weighted by atomic mass is 79.9. The van der Waals surface area contributed by atoms with Gasteiger partial charge in [0.05, 0.1) is 0 Å². The lowest BCUT2D eigenvalue weighted by molar-refractivity contribution is 1.04. The van der Waals surface area contributed by atoms with E-state index >= 15 is 0 Å². The molecule has 0 aliphatic carbocycles. The molecule has 2 N–H and O–H groups in total. The van der Waals surface area contributed by atoms with Crippen molar-refractivity contribution in [3.63, 3.8) is 0 Å². The Labute approximate surface area is 149 Å². The maximum atomic E-state index is 4.56. The molecule has 0 bridgehead atoms. The van der Waals surface area contributed by atoms with Gasteiger partial charge in [0, 0.05) is 36.0 Å². The highest BCUT2D eigenvalue weighted by Gasteiger charge is 2.07. The van der Waals surface area contributed by atoms with Crippen molar-refractivity contribution in [2.24, 2.45) is 0 Å². The summed E-state index contributed by atoms with van der Waals surface area (Å²) in [5, 5.41) is 6.55. The van der Waals surface area contributed by atoms with Gasteiger partial charge in [-0.3, -0.25) is 0 Å². The van der Waals surface area contributed by atoms with E-state index in [1.807, 2.05) is 79.7 Å². The largest absolute Gasteiger partial charge is 0.363 e. The van der Waals surface area contributed by atoms with Crippen LogP contribution in [0.4, 0.5) is 29.0 Å². The lowest BCUT2D eigenvalue weighted by Gasteiger charge is -2.15. The van der Waals surface area contributed by atoms with E-state index in [9.17, 15) is 0 Å². The molecule has 0 aliphatic rings. The minimum absolute atomic E-state index is 0.548. The molecule has 122 valence electrons. The minimum atomic E-state index is 0.548. The van der Waals surface area contributed by atoms with Gasteiger partial charge in [0.15, 0.2) is 0 Å². The van der Waals surface area contributed by atoms with Gasteiger partial charge in [0.1, 0.15) is 11.6 Å². The Bertz CT molecular complexity index is 803. The van der Waals surface area contributed by atoms with Crippen LogP contribution in [0.25, 0.3) is 0 Å². The van der Waals surface area contributed by atoms with E-state index in [1.165, 1.54) is 0 Å². The number of nitrogens with one attached hydrogen (secondary N) is 2. The van der Waals surface area contributed by atoms with Crippen LogP contribution in [-0.4, -0.2) is 24.1 Å². The Kier molecular flexibility index (Phi) is 4.96. The van der Waals surface area contributed by atoms with Crippen molar-refractivity contribution in [1.82, 2.24) is 9.97 Å². The fourth-order valence-corrected chi connectivity index (χ4v) is 2.38. The van der Waals surface area contributed by atoms with Crippen LogP contribution < -0.4 is 15.5 Å². The first kappa shape index (κ1) is 16.3. The molecule has 0 radical (unpaired) electrons. The van der Waals surface area contributed by atoms with Gasteiger partial charge in [-0.05, 0) is 36.4 Å². The second kappa shape index (κ2) is 7.31. The number of aromatic nitrogens is 2. The molecule has 0 saturated carbocycles. The smallest absolute Gasteiger partial charge is 0.231 e. The van der Waals surface area contributed by atoms with Crippen LogP contribution in [0.5, 0.6) is 0 Å². The van der Waals surface area contributed by atoms with Crippen LogP contribution >= 0.6 is 15.9 Å². The summed E-state index contributed by atoms with van der Waals surface area (Å²) in [7, 11) is 3.91. The normalized spacial score (nSPS) is 10.3. The molecule has 1 heterocycles. The summed E-state index contributed by atoms with van der Waals surface area (Å²) in [5.41, 5.74) is 1.91. The summed E-state index contributed by atoms with van der Waals surface area (Å²) < 4.78 is 1.04. The third-order valence-electron chi connectivity index (χ3n) is 3.32. The number of rotatable bonds is 5. The van der Waals surface area contributed by atoms with E-state index in [-0.39, 0.29) is 0 Å². The second-order valence-corrected chi connectivity index (χ2v) is 6.37. The molecule has 24 heavy (non-hydrogen) atoms. The second-order valence-electron chi connectivity index (χ2n) is 5.45. The van der Waals surface area contributed by atoms with E-state index in [1.54, 1.807) is 0 Å². The number of anilines is 5. The molecule has 1 aromatic heterocycles. The quantitative estimate of drug-likeness (QED) is 0.662. The molecule has 0 saturated heterocycles. The number of hydrogen-bond donors (Lipinski definition) is 2. The third kappa shape index (κ3) is 4.23. The van der Waals surface area contributed by atoms with Crippen LogP contribution in [0, 0.1) is 0 Å². The molecule has 3 rings (SSSR count). The van der Waals surface area contributed by atoms with Crippen molar-refractivity contribution in [2.45, 2.75) is 0 Å². The molecule has 0 atom stereocenters. The monoisotopic (exact) mass is 383 g/mol. The summed E-state index contributed by atoms with van der Waals surface area (Å²) in [6.45, 7) is 0. The van der Waals surface area contributed by atoms with Gasteiger partial charge in [-0.2, -0.15) is 9.97 Å². The Morgan fingerprint density at radius 2 is 1.50 bits per heavy atom. The first-order chi connectivity index (χ1) is 11.6. The molecule has 0 fully saturated rings. The van der Waals surface area contributed by atoms with Crippen molar-refractivity contribution >= 4 is 44.9 Å². The lowest BCUT2D eigenvalue weighted by atomic mass is 10.3. The molecule has 5 nitrogen and oxygen atoms in total. The highest BCUT2D eigenvalue weighted by molar-refractivity contribution is 9.10. The van der Waals surface area contributed by atoms with Crippen molar-refractivity contribution in [3.8, 4) is 0 Å². The summed E-state index contributed by atoms with van der Waals surface area (Å²) in [6, 6.07) is 19.7. The summed E-state index contributed by atoms with van der Waals surface area (Å²) in [4.78, 5) is 11.0. The summed E-state index contributed by atoms with van der Waals surface area (Å²) >= 11 is 3.44. The zero-order chi connectivity index (χ0) is 16.9.